The second-order valence-electron chi connectivity index (χ2n) is 6.91. The molecule has 21 heavy (non-hydrogen) atoms. The molecule has 1 saturated heterocycles. The molecule has 1 saturated carbocycles. The monoisotopic (exact) mass is 286 g/mol. The number of hydrogen-bond donors (Lipinski definition) is 1. The van der Waals surface area contributed by atoms with Crippen molar-refractivity contribution in [1.29, 1.82) is 0 Å². The predicted octanol–water partition coefficient (Wildman–Crippen LogP) is 3.47. The van der Waals surface area contributed by atoms with Crippen molar-refractivity contribution in [3.8, 4) is 0 Å². The molecule has 3 rings (SSSR count). The highest BCUT2D eigenvalue weighted by Gasteiger charge is 2.24. The maximum absolute atomic E-state index is 3.69. The van der Waals surface area contributed by atoms with Crippen molar-refractivity contribution >= 4 is 0 Å². The van der Waals surface area contributed by atoms with Crippen LogP contribution in [0.1, 0.15) is 44.1 Å². The highest BCUT2D eigenvalue weighted by atomic mass is 15.1. The number of hydrogen-bond acceptors (Lipinski definition) is 2. The predicted molar refractivity (Wildman–Crippen MR) is 89.6 cm³/mol. The van der Waals surface area contributed by atoms with Gasteiger partial charge in [-0.25, -0.2) is 0 Å². The Labute approximate surface area is 129 Å². The van der Waals surface area contributed by atoms with Crippen LogP contribution in [0.2, 0.25) is 0 Å². The summed E-state index contributed by atoms with van der Waals surface area (Å²) in [5, 5.41) is 3.69. The summed E-state index contributed by atoms with van der Waals surface area (Å²) in [6, 6.07) is 11.8. The average Bonchev–Trinajstić information content (AvgIpc) is 3.36. The van der Waals surface area contributed by atoms with Crippen LogP contribution < -0.4 is 5.32 Å². The number of nitrogens with one attached hydrogen (secondary N) is 1. The lowest BCUT2D eigenvalue weighted by Gasteiger charge is -2.32. The summed E-state index contributed by atoms with van der Waals surface area (Å²) < 4.78 is 0. The molecule has 0 bridgehead atoms. The van der Waals surface area contributed by atoms with Crippen LogP contribution in [-0.2, 0) is 6.42 Å². The van der Waals surface area contributed by atoms with E-state index < -0.39 is 0 Å². The van der Waals surface area contributed by atoms with Crippen LogP contribution >= 0.6 is 0 Å². The highest BCUT2D eigenvalue weighted by molar-refractivity contribution is 5.14. The molecule has 1 aromatic carbocycles. The molecule has 2 aliphatic rings. The van der Waals surface area contributed by atoms with Crippen LogP contribution in [-0.4, -0.2) is 37.1 Å². The third-order valence-electron chi connectivity index (χ3n) is 5.01. The van der Waals surface area contributed by atoms with Gasteiger partial charge in [-0.1, -0.05) is 30.3 Å². The van der Waals surface area contributed by atoms with Gasteiger partial charge in [-0.3, -0.25) is 0 Å². The van der Waals surface area contributed by atoms with Gasteiger partial charge in [-0.15, -0.1) is 0 Å². The number of piperidine rings is 1. The number of nitrogens with zero attached hydrogens (tertiary/aromatic N) is 1. The van der Waals surface area contributed by atoms with Crippen molar-refractivity contribution in [1.82, 2.24) is 10.2 Å². The van der Waals surface area contributed by atoms with Crippen LogP contribution in [0.4, 0.5) is 0 Å². The summed E-state index contributed by atoms with van der Waals surface area (Å²) >= 11 is 0. The molecule has 0 unspecified atom stereocenters. The van der Waals surface area contributed by atoms with Gasteiger partial charge in [0.1, 0.15) is 0 Å². The molecular weight excluding hydrogens is 256 g/mol. The lowest BCUT2D eigenvalue weighted by atomic mass is 9.96. The van der Waals surface area contributed by atoms with Crippen molar-refractivity contribution in [2.24, 2.45) is 5.92 Å². The van der Waals surface area contributed by atoms with Crippen molar-refractivity contribution in [2.45, 2.75) is 51.0 Å². The van der Waals surface area contributed by atoms with Gasteiger partial charge < -0.3 is 10.2 Å². The van der Waals surface area contributed by atoms with E-state index in [-0.39, 0.29) is 0 Å². The molecule has 0 radical (unpaired) electrons. The fourth-order valence-electron chi connectivity index (χ4n) is 3.34. The molecule has 1 aromatic rings. The molecular formula is C19H30N2. The molecule has 1 heterocycles. The Hall–Kier alpha value is -0.860. The molecule has 1 aliphatic carbocycles. The van der Waals surface area contributed by atoms with Gasteiger partial charge in [0.2, 0.25) is 0 Å². The van der Waals surface area contributed by atoms with Crippen molar-refractivity contribution < 1.29 is 0 Å². The summed E-state index contributed by atoms with van der Waals surface area (Å²) in [7, 11) is 0. The quantitative estimate of drug-likeness (QED) is 0.736. The van der Waals surface area contributed by atoms with Crippen LogP contribution in [0.25, 0.3) is 0 Å². The summed E-state index contributed by atoms with van der Waals surface area (Å²) in [4.78, 5) is 2.68. The zero-order chi connectivity index (χ0) is 14.3. The van der Waals surface area contributed by atoms with E-state index in [9.17, 15) is 0 Å². The van der Waals surface area contributed by atoms with E-state index in [1.165, 1.54) is 76.7 Å². The number of aryl methyl sites for hydroxylation is 1. The van der Waals surface area contributed by atoms with E-state index in [0.717, 1.165) is 12.0 Å². The topological polar surface area (TPSA) is 15.3 Å². The van der Waals surface area contributed by atoms with Crippen molar-refractivity contribution in [3.63, 3.8) is 0 Å². The lowest BCUT2D eigenvalue weighted by Crippen LogP contribution is -2.38. The summed E-state index contributed by atoms with van der Waals surface area (Å²) in [6.07, 6.45) is 9.55. The molecule has 0 atom stereocenters. The van der Waals surface area contributed by atoms with Gasteiger partial charge in [-0.2, -0.15) is 0 Å². The molecule has 0 amide bonds. The van der Waals surface area contributed by atoms with E-state index in [2.05, 4.69) is 40.5 Å². The summed E-state index contributed by atoms with van der Waals surface area (Å²) in [6.45, 7) is 5.22. The normalized spacial score (nSPS) is 20.8. The lowest BCUT2D eigenvalue weighted by molar-refractivity contribution is 0.179. The van der Waals surface area contributed by atoms with Crippen molar-refractivity contribution in [3.05, 3.63) is 35.9 Å². The Bertz CT molecular complexity index is 391. The number of benzene rings is 1. The number of likely N-dealkylation sites (tertiary alicyclic amines) is 1. The molecule has 0 spiro atoms. The largest absolute Gasteiger partial charge is 0.314 e. The van der Waals surface area contributed by atoms with Crippen molar-refractivity contribution in [2.75, 3.05) is 26.2 Å². The zero-order valence-electron chi connectivity index (χ0n) is 13.3. The van der Waals surface area contributed by atoms with Crippen LogP contribution in [0.15, 0.2) is 30.3 Å². The van der Waals surface area contributed by atoms with Gasteiger partial charge in [-0.05, 0) is 82.6 Å². The smallest absolute Gasteiger partial charge is 0.00683 e. The van der Waals surface area contributed by atoms with E-state index in [4.69, 9.17) is 0 Å². The number of rotatable bonds is 8. The van der Waals surface area contributed by atoms with E-state index in [1.807, 2.05) is 0 Å². The molecule has 2 nitrogen and oxygen atoms in total. The van der Waals surface area contributed by atoms with E-state index in [1.54, 1.807) is 0 Å². The molecule has 1 aliphatic heterocycles. The average molecular weight is 286 g/mol. The Kier molecular flexibility index (Phi) is 5.70. The second-order valence-corrected chi connectivity index (χ2v) is 6.91. The van der Waals surface area contributed by atoms with Gasteiger partial charge >= 0.3 is 0 Å². The first kappa shape index (κ1) is 15.1. The minimum absolute atomic E-state index is 0.876. The van der Waals surface area contributed by atoms with E-state index in [0.29, 0.717) is 0 Å². The zero-order valence-corrected chi connectivity index (χ0v) is 13.3. The first-order valence-corrected chi connectivity index (χ1v) is 8.90. The van der Waals surface area contributed by atoms with Crippen LogP contribution in [0.3, 0.4) is 0 Å². The Morgan fingerprint density at radius 2 is 1.71 bits per heavy atom. The fraction of sp³-hybridized carbons (Fsp3) is 0.684. The molecule has 116 valence electrons. The minimum atomic E-state index is 0.876. The summed E-state index contributed by atoms with van der Waals surface area (Å²) in [5.41, 5.74) is 1.49. The third-order valence-corrected chi connectivity index (χ3v) is 5.01. The first-order valence-electron chi connectivity index (χ1n) is 8.90. The first-order chi connectivity index (χ1) is 10.4. The van der Waals surface area contributed by atoms with Gasteiger partial charge in [0.25, 0.3) is 0 Å². The van der Waals surface area contributed by atoms with E-state index >= 15 is 0 Å². The Morgan fingerprint density at radius 1 is 0.952 bits per heavy atom. The van der Waals surface area contributed by atoms with Gasteiger partial charge in [0.05, 0.1) is 0 Å². The summed E-state index contributed by atoms with van der Waals surface area (Å²) in [5.74, 6) is 0.936. The molecule has 1 N–H and O–H groups in total. The highest BCUT2D eigenvalue weighted by Crippen LogP contribution is 2.22. The second kappa shape index (κ2) is 7.95. The van der Waals surface area contributed by atoms with Crippen LogP contribution in [0.5, 0.6) is 0 Å². The molecule has 2 fully saturated rings. The third kappa shape index (κ3) is 5.44. The van der Waals surface area contributed by atoms with Gasteiger partial charge in [0, 0.05) is 6.04 Å². The molecule has 2 heteroatoms. The fourth-order valence-corrected chi connectivity index (χ4v) is 3.34. The Balaban J connectivity index is 1.23. The SMILES string of the molecule is c1ccc(CCCCN2CCC(CNC3CC3)CC2)cc1. The maximum atomic E-state index is 3.69. The number of unbranched alkanes of at least 4 members (excludes halogenated alkanes) is 1. The maximum Gasteiger partial charge on any atom is 0.00683 e. The molecule has 0 aromatic heterocycles. The van der Waals surface area contributed by atoms with Gasteiger partial charge in [0.15, 0.2) is 0 Å². The standard InChI is InChI=1S/C19H30N2/c1-2-6-17(7-3-1)8-4-5-13-21-14-11-18(12-15-21)16-20-19-9-10-19/h1-3,6-7,18-20H,4-5,8-16H2. The van der Waals surface area contributed by atoms with Crippen LogP contribution in [0, 0.1) is 5.92 Å². The minimum Gasteiger partial charge on any atom is -0.314 e. The Morgan fingerprint density at radius 3 is 2.43 bits per heavy atom.